The van der Waals surface area contributed by atoms with E-state index in [1.807, 2.05) is 97.1 Å². The van der Waals surface area contributed by atoms with E-state index in [1.165, 1.54) is 0 Å². The second-order valence-electron chi connectivity index (χ2n) is 18.1. The number of benzene rings is 10. The van der Waals surface area contributed by atoms with E-state index in [9.17, 15) is 15.8 Å². The molecule has 0 bridgehead atoms. The second-order valence-corrected chi connectivity index (χ2v) is 18.1. The molecule has 0 unspecified atom stereocenters. The molecule has 0 aliphatic carbocycles. The zero-order valence-electron chi connectivity index (χ0n) is 39.5. The summed E-state index contributed by atoms with van der Waals surface area (Å²) in [6.07, 6.45) is 0. The Kier molecular flexibility index (Phi) is 10.5. The van der Waals surface area contributed by atoms with Crippen LogP contribution in [0.2, 0.25) is 0 Å². The summed E-state index contributed by atoms with van der Waals surface area (Å²) >= 11 is 0. The Morgan fingerprint density at radius 3 is 1.14 bits per heavy atom. The van der Waals surface area contributed by atoms with Crippen molar-refractivity contribution in [2.75, 3.05) is 0 Å². The van der Waals surface area contributed by atoms with E-state index in [0.29, 0.717) is 34.2 Å². The van der Waals surface area contributed by atoms with Crippen LogP contribution >= 0.6 is 0 Å². The molecule has 0 aliphatic heterocycles. The standard InChI is InChI=1S/C66H38N8/c67-39-42-13-11-16-46(35-42)58-37-49(73-60-23-7-3-19-52(60)53-20-4-8-24-61(53)73)31-33-56(58)65-70-64(45-29-27-44(28-30-45)51-18-2-1-15-48(51)41-69)71-66(72-65)57-34-32-50(38-59(57)47-17-12-14-43(36-47)40-68)74-62-25-9-5-21-54(62)55-22-6-10-26-63(55)74/h1-38H. The van der Waals surface area contributed by atoms with Crippen LogP contribution in [0.25, 0.3) is 123 Å². The van der Waals surface area contributed by atoms with Gasteiger partial charge in [-0.25, -0.2) is 15.0 Å². The number of fused-ring (bicyclic) bond motifs is 6. The third kappa shape index (κ3) is 7.33. The predicted octanol–water partition coefficient (Wildman–Crippen LogP) is 15.7. The maximum atomic E-state index is 10.2. The van der Waals surface area contributed by atoms with Gasteiger partial charge < -0.3 is 9.13 Å². The molecule has 8 heteroatoms. The molecule has 0 aliphatic rings. The van der Waals surface area contributed by atoms with Crippen molar-refractivity contribution in [1.29, 1.82) is 15.8 Å². The smallest absolute Gasteiger partial charge is 0.164 e. The quantitative estimate of drug-likeness (QED) is 0.150. The van der Waals surface area contributed by atoms with E-state index >= 15 is 0 Å². The van der Waals surface area contributed by atoms with Gasteiger partial charge in [0.2, 0.25) is 0 Å². The lowest BCUT2D eigenvalue weighted by molar-refractivity contribution is 1.07. The summed E-state index contributed by atoms with van der Waals surface area (Å²) in [6.45, 7) is 0. The van der Waals surface area contributed by atoms with E-state index in [0.717, 1.165) is 105 Å². The second kappa shape index (κ2) is 17.9. The van der Waals surface area contributed by atoms with Crippen LogP contribution in [-0.4, -0.2) is 24.1 Å². The molecule has 3 aromatic heterocycles. The first-order chi connectivity index (χ1) is 36.5. The summed E-state index contributed by atoms with van der Waals surface area (Å²) in [6, 6.07) is 84.2. The highest BCUT2D eigenvalue weighted by atomic mass is 15.0. The number of aromatic nitrogens is 5. The van der Waals surface area contributed by atoms with Gasteiger partial charge in [-0.2, -0.15) is 15.8 Å². The van der Waals surface area contributed by atoms with Crippen molar-refractivity contribution in [2.45, 2.75) is 0 Å². The van der Waals surface area contributed by atoms with Crippen LogP contribution in [-0.2, 0) is 0 Å². The Morgan fingerprint density at radius 2 is 0.689 bits per heavy atom. The molecule has 0 radical (unpaired) electrons. The molecule has 10 aromatic carbocycles. The first-order valence-corrected chi connectivity index (χ1v) is 24.2. The van der Waals surface area contributed by atoms with Crippen LogP contribution in [0.1, 0.15) is 16.7 Å². The number of nitrogens with zero attached hydrogens (tertiary/aromatic N) is 8. The van der Waals surface area contributed by atoms with Gasteiger partial charge in [-0.3, -0.25) is 0 Å². The topological polar surface area (TPSA) is 120 Å². The Hall–Kier alpha value is -10.7. The van der Waals surface area contributed by atoms with Gasteiger partial charge >= 0.3 is 0 Å². The maximum Gasteiger partial charge on any atom is 0.164 e. The summed E-state index contributed by atoms with van der Waals surface area (Å²) in [4.78, 5) is 16.1. The van der Waals surface area contributed by atoms with Crippen molar-refractivity contribution < 1.29 is 0 Å². The van der Waals surface area contributed by atoms with E-state index in [-0.39, 0.29) is 0 Å². The van der Waals surface area contributed by atoms with Gasteiger partial charge in [0.1, 0.15) is 0 Å². The third-order valence-corrected chi connectivity index (χ3v) is 13.9. The highest BCUT2D eigenvalue weighted by molar-refractivity contribution is 6.10. The molecule has 0 atom stereocenters. The zero-order chi connectivity index (χ0) is 49.7. The average molecular weight is 943 g/mol. The molecular weight excluding hydrogens is 905 g/mol. The van der Waals surface area contributed by atoms with Crippen LogP contribution in [0, 0.1) is 34.0 Å². The molecule has 74 heavy (non-hydrogen) atoms. The molecule has 0 fully saturated rings. The van der Waals surface area contributed by atoms with Crippen LogP contribution < -0.4 is 0 Å². The van der Waals surface area contributed by atoms with Gasteiger partial charge in [0.25, 0.3) is 0 Å². The van der Waals surface area contributed by atoms with Crippen LogP contribution in [0.5, 0.6) is 0 Å². The normalized spacial score (nSPS) is 11.2. The molecule has 3 heterocycles. The highest BCUT2D eigenvalue weighted by Gasteiger charge is 2.22. The van der Waals surface area contributed by atoms with Crippen molar-refractivity contribution in [2.24, 2.45) is 0 Å². The molecule has 0 N–H and O–H groups in total. The third-order valence-electron chi connectivity index (χ3n) is 13.9. The number of hydrogen-bond donors (Lipinski definition) is 0. The summed E-state index contributed by atoms with van der Waals surface area (Å²) in [5.41, 5.74) is 15.1. The van der Waals surface area contributed by atoms with Gasteiger partial charge in [0, 0.05) is 49.6 Å². The van der Waals surface area contributed by atoms with Gasteiger partial charge in [-0.1, -0.05) is 140 Å². The van der Waals surface area contributed by atoms with E-state index in [4.69, 9.17) is 15.0 Å². The molecule has 8 nitrogen and oxygen atoms in total. The highest BCUT2D eigenvalue weighted by Crippen LogP contribution is 2.41. The Balaban J connectivity index is 1.07. The largest absolute Gasteiger partial charge is 0.309 e. The molecule has 0 saturated heterocycles. The summed E-state index contributed by atoms with van der Waals surface area (Å²) in [7, 11) is 0. The van der Waals surface area contributed by atoms with Crippen molar-refractivity contribution >= 4 is 43.6 Å². The van der Waals surface area contributed by atoms with E-state index < -0.39 is 0 Å². The molecule has 342 valence electrons. The number of rotatable bonds is 8. The average Bonchev–Trinajstić information content (AvgIpc) is 4.03. The van der Waals surface area contributed by atoms with Crippen LogP contribution in [0.15, 0.2) is 231 Å². The minimum atomic E-state index is 0.429. The van der Waals surface area contributed by atoms with Crippen LogP contribution in [0.3, 0.4) is 0 Å². The number of hydrogen-bond acceptors (Lipinski definition) is 6. The van der Waals surface area contributed by atoms with Crippen molar-refractivity contribution in [3.05, 3.63) is 247 Å². The first kappa shape index (κ1) is 43.3. The fourth-order valence-electron chi connectivity index (χ4n) is 10.5. The zero-order valence-corrected chi connectivity index (χ0v) is 39.5. The van der Waals surface area contributed by atoms with Gasteiger partial charge in [0.05, 0.1) is 57.0 Å². The summed E-state index contributed by atoms with van der Waals surface area (Å²) in [5, 5.41) is 35.0. The molecular formula is C66H38N8. The lowest BCUT2D eigenvalue weighted by Gasteiger charge is -2.17. The maximum absolute atomic E-state index is 10.2. The Morgan fingerprint density at radius 1 is 0.284 bits per heavy atom. The minimum absolute atomic E-state index is 0.429. The fourth-order valence-corrected chi connectivity index (χ4v) is 10.5. The van der Waals surface area contributed by atoms with Crippen molar-refractivity contribution in [3.63, 3.8) is 0 Å². The molecule has 13 rings (SSSR count). The fraction of sp³-hybridized carbons (Fsp3) is 0. The molecule has 0 spiro atoms. The Labute approximate surface area is 425 Å². The molecule has 0 saturated carbocycles. The van der Waals surface area contributed by atoms with Crippen molar-refractivity contribution in [1.82, 2.24) is 24.1 Å². The monoisotopic (exact) mass is 942 g/mol. The van der Waals surface area contributed by atoms with Crippen LogP contribution in [0.4, 0.5) is 0 Å². The van der Waals surface area contributed by atoms with Gasteiger partial charge in [0.15, 0.2) is 17.5 Å². The minimum Gasteiger partial charge on any atom is -0.309 e. The Bertz CT molecular complexity index is 4190. The summed E-state index contributed by atoms with van der Waals surface area (Å²) < 4.78 is 4.56. The lowest BCUT2D eigenvalue weighted by Crippen LogP contribution is -2.03. The first-order valence-electron chi connectivity index (χ1n) is 24.2. The lowest BCUT2D eigenvalue weighted by atomic mass is 9.95. The molecule has 13 aromatic rings. The predicted molar refractivity (Wildman–Crippen MR) is 295 cm³/mol. The van der Waals surface area contributed by atoms with E-state index in [1.54, 1.807) is 0 Å². The SMILES string of the molecule is N#Cc1cccc(-c2cc(-n3c4ccccc4c4ccccc43)ccc2-c2nc(-c3ccc(-c4ccccc4C#N)cc3)nc(-c3ccc(-n4c5ccccc5c5ccccc54)cc3-c3cccc(C#N)c3)n2)c1. The molecule has 0 amide bonds. The number of nitriles is 3. The van der Waals surface area contributed by atoms with Gasteiger partial charge in [-0.05, 0) is 124 Å². The number of para-hydroxylation sites is 4. The van der Waals surface area contributed by atoms with E-state index in [2.05, 4.69) is 161 Å². The van der Waals surface area contributed by atoms with Crippen molar-refractivity contribution in [3.8, 4) is 97.1 Å². The van der Waals surface area contributed by atoms with Gasteiger partial charge in [-0.15, -0.1) is 0 Å². The summed E-state index contributed by atoms with van der Waals surface area (Å²) in [5.74, 6) is 1.30.